The van der Waals surface area contributed by atoms with Crippen molar-refractivity contribution < 1.29 is 43.3 Å². The Morgan fingerprint density at radius 2 is 1.00 bits per heavy atom. The molecule has 3 aromatic rings. The van der Waals surface area contributed by atoms with Crippen molar-refractivity contribution in [2.45, 2.75) is 192 Å². The van der Waals surface area contributed by atoms with Crippen molar-refractivity contribution in [1.82, 2.24) is 65.4 Å². The van der Waals surface area contributed by atoms with Crippen LogP contribution in [0.3, 0.4) is 0 Å². The lowest BCUT2D eigenvalue weighted by molar-refractivity contribution is -0.137. The summed E-state index contributed by atoms with van der Waals surface area (Å²) in [5, 5.41) is 35.1. The van der Waals surface area contributed by atoms with Gasteiger partial charge in [-0.1, -0.05) is 93.4 Å². The summed E-state index contributed by atoms with van der Waals surface area (Å²) in [7, 11) is 0. The highest BCUT2D eigenvalue weighted by Crippen LogP contribution is 2.23. The predicted molar refractivity (Wildman–Crippen MR) is 346 cm³/mol. The Morgan fingerprint density at radius 1 is 0.544 bits per heavy atom. The number of unbranched alkanes of at least 4 members (excludes halogenated alkanes) is 16. The summed E-state index contributed by atoms with van der Waals surface area (Å²) in [5.41, 5.74) is 12.9. The minimum Gasteiger partial charge on any atom is -0.481 e. The molecule has 0 spiro atoms. The standard InChI is InChI=1S/C63H108N18O9/c1-3-44-88-46-48-90-49-47-89-45-35-68-61-69-62(78-40-36-76(37-41-78)56(82)28-16-12-8-4-6-10-14-22-33-66-59(86)54(26-18-20-31-64)80-50-52(2)72-74-80)71-63(70-61)79-42-38-77(39-43-79)57(83)29-17-13-9-5-7-11-15-23-34-67-60(87)55(27-19-21-32-65)81-51-53(73-75-81)25-24-30-58(84)85/h1,50-51,54-55H,4-49,64-65H2,2H3,(H,66,86)(H,67,87)(H,84,85)(H,68,69,70,71)/t54-,55-/m0/s1. The van der Waals surface area contributed by atoms with Crippen LogP contribution in [0.4, 0.5) is 17.8 Å². The monoisotopic (exact) mass is 1260 g/mol. The van der Waals surface area contributed by atoms with Crippen molar-refractivity contribution in [3.63, 3.8) is 0 Å². The van der Waals surface area contributed by atoms with E-state index in [4.69, 9.17) is 52.2 Å². The highest BCUT2D eigenvalue weighted by molar-refractivity contribution is 5.80. The number of hydrogen-bond donors (Lipinski definition) is 6. The van der Waals surface area contributed by atoms with Crippen LogP contribution < -0.4 is 37.2 Å². The normalized spacial score (nSPS) is 14.2. The molecule has 90 heavy (non-hydrogen) atoms. The predicted octanol–water partition coefficient (Wildman–Crippen LogP) is 5.16. The molecule has 5 rings (SSSR count). The van der Waals surface area contributed by atoms with Gasteiger partial charge < -0.3 is 66.3 Å². The van der Waals surface area contributed by atoms with Gasteiger partial charge in [0.25, 0.3) is 0 Å². The van der Waals surface area contributed by atoms with E-state index in [1.54, 1.807) is 15.6 Å². The van der Waals surface area contributed by atoms with Crippen LogP contribution in [0.2, 0.25) is 0 Å². The molecular formula is C63H108N18O9. The van der Waals surface area contributed by atoms with E-state index in [9.17, 15) is 24.0 Å². The molecule has 0 unspecified atom stereocenters. The van der Waals surface area contributed by atoms with E-state index in [0.717, 1.165) is 134 Å². The Bertz CT molecular complexity index is 2510. The van der Waals surface area contributed by atoms with Crippen molar-refractivity contribution in [1.29, 1.82) is 0 Å². The van der Waals surface area contributed by atoms with Crippen molar-refractivity contribution in [3.8, 4) is 12.3 Å². The second-order valence-electron chi connectivity index (χ2n) is 23.5. The van der Waals surface area contributed by atoms with E-state index in [1.807, 2.05) is 22.9 Å². The fraction of sp³-hybridized carbons (Fsp3) is 0.778. The number of hydrogen-bond acceptors (Lipinski definition) is 20. The van der Waals surface area contributed by atoms with Gasteiger partial charge in [-0.05, 0) is 97.1 Å². The molecule has 0 bridgehead atoms. The molecule has 5 heterocycles. The number of carbonyl (C=O) groups excluding carboxylic acids is 4. The summed E-state index contributed by atoms with van der Waals surface area (Å²) in [5.74, 6) is 3.38. The summed E-state index contributed by atoms with van der Waals surface area (Å²) in [4.78, 5) is 86.7. The molecule has 8 N–H and O–H groups in total. The number of rotatable bonds is 51. The van der Waals surface area contributed by atoms with Gasteiger partial charge >= 0.3 is 5.97 Å². The van der Waals surface area contributed by atoms with Gasteiger partial charge in [-0.15, -0.1) is 16.6 Å². The molecule has 3 aromatic heterocycles. The third-order valence-corrected chi connectivity index (χ3v) is 16.2. The van der Waals surface area contributed by atoms with Crippen LogP contribution in [0.25, 0.3) is 0 Å². The number of nitrogens with one attached hydrogen (secondary N) is 3. The smallest absolute Gasteiger partial charge is 0.303 e. The van der Waals surface area contributed by atoms with Crippen molar-refractivity contribution in [2.24, 2.45) is 11.5 Å². The Morgan fingerprint density at radius 3 is 1.47 bits per heavy atom. The zero-order valence-electron chi connectivity index (χ0n) is 54.1. The third kappa shape index (κ3) is 30.0. The quantitative estimate of drug-likeness (QED) is 0.0314. The van der Waals surface area contributed by atoms with E-state index >= 15 is 0 Å². The van der Waals surface area contributed by atoms with Crippen molar-refractivity contribution >= 4 is 47.4 Å². The highest BCUT2D eigenvalue weighted by Gasteiger charge is 2.28. The number of anilines is 3. The first-order chi connectivity index (χ1) is 44.0. The number of carboxylic acids is 1. The SMILES string of the molecule is C#CCOCCOCCOCCNc1nc(N2CCN(C(=O)CCCCCCCCCCNC(=O)[C@H](CCCCN)n3cc(C)nn3)CC2)nc(N2CCN(C(=O)CCCCCCCCCCNC(=O)[C@H](CCCCN)n3cc(CCCC(=O)O)nn3)CC2)n1. The number of carbonyl (C=O) groups is 5. The molecule has 0 saturated carbocycles. The second kappa shape index (κ2) is 45.6. The number of aliphatic carboxylic acids is 1. The highest BCUT2D eigenvalue weighted by atomic mass is 16.5. The molecule has 4 amide bonds. The lowest BCUT2D eigenvalue weighted by atomic mass is 10.1. The van der Waals surface area contributed by atoms with E-state index in [-0.39, 0.29) is 42.7 Å². The lowest BCUT2D eigenvalue weighted by Crippen LogP contribution is -2.50. The Kier molecular flexibility index (Phi) is 37.6. The molecule has 0 aliphatic carbocycles. The van der Waals surface area contributed by atoms with Gasteiger partial charge in [-0.2, -0.15) is 15.0 Å². The lowest BCUT2D eigenvalue weighted by Gasteiger charge is -2.36. The van der Waals surface area contributed by atoms with Gasteiger partial charge in [0.1, 0.15) is 18.7 Å². The van der Waals surface area contributed by atoms with Crippen LogP contribution in [0.1, 0.15) is 190 Å². The number of aryl methyl sites for hydroxylation is 2. The minimum absolute atomic E-state index is 0.0162. The number of aromatic nitrogens is 9. The zero-order valence-corrected chi connectivity index (χ0v) is 54.1. The van der Waals surface area contributed by atoms with Crippen molar-refractivity contribution in [2.75, 3.05) is 140 Å². The molecule has 27 nitrogen and oxygen atoms in total. The summed E-state index contributed by atoms with van der Waals surface area (Å²) in [6, 6.07) is -0.848. The fourth-order valence-corrected chi connectivity index (χ4v) is 11.0. The van der Waals surface area contributed by atoms with E-state index < -0.39 is 12.0 Å². The summed E-state index contributed by atoms with van der Waals surface area (Å²) in [6.07, 6.45) is 32.0. The maximum atomic E-state index is 13.4. The topological polar surface area (TPSA) is 334 Å². The maximum Gasteiger partial charge on any atom is 0.303 e. The van der Waals surface area contributed by atoms with Crippen LogP contribution in [-0.2, 0) is 44.6 Å². The largest absolute Gasteiger partial charge is 0.481 e. The van der Waals surface area contributed by atoms with Crippen LogP contribution in [0.15, 0.2) is 12.4 Å². The first-order valence-electron chi connectivity index (χ1n) is 33.7. The number of terminal acetylenes is 1. The van der Waals surface area contributed by atoms with Gasteiger partial charge in [-0.25, -0.2) is 9.36 Å². The van der Waals surface area contributed by atoms with Gasteiger partial charge in [0.2, 0.25) is 41.5 Å². The molecule has 27 heteroatoms. The van der Waals surface area contributed by atoms with E-state index in [0.29, 0.717) is 180 Å². The summed E-state index contributed by atoms with van der Waals surface area (Å²) in [6.45, 7) is 11.8. The molecule has 504 valence electrons. The average Bonchev–Trinajstić information content (AvgIpc) is 4.10. The molecular weight excluding hydrogens is 1150 g/mol. The Hall–Kier alpha value is -6.60. The van der Waals surface area contributed by atoms with Crippen LogP contribution in [0.5, 0.6) is 0 Å². The Labute approximate surface area is 534 Å². The first-order valence-corrected chi connectivity index (χ1v) is 33.7. The second-order valence-corrected chi connectivity index (χ2v) is 23.5. The van der Waals surface area contributed by atoms with Gasteiger partial charge in [0.05, 0.1) is 44.4 Å². The summed E-state index contributed by atoms with van der Waals surface area (Å²) >= 11 is 0. The van der Waals surface area contributed by atoms with Crippen LogP contribution in [-0.4, -0.2) is 214 Å². The average molecular weight is 1260 g/mol. The van der Waals surface area contributed by atoms with Crippen LogP contribution >= 0.6 is 0 Å². The minimum atomic E-state index is -0.847. The van der Waals surface area contributed by atoms with Crippen LogP contribution in [0, 0.1) is 19.3 Å². The number of piperazine rings is 2. The zero-order chi connectivity index (χ0) is 64.2. The van der Waals surface area contributed by atoms with Crippen molar-refractivity contribution in [3.05, 3.63) is 23.8 Å². The van der Waals surface area contributed by atoms with Gasteiger partial charge in [0.15, 0.2) is 0 Å². The number of ether oxygens (including phenoxy) is 3. The third-order valence-electron chi connectivity index (χ3n) is 16.2. The van der Waals surface area contributed by atoms with E-state index in [2.05, 4.69) is 52.3 Å². The number of nitrogens with zero attached hydrogens (tertiary/aromatic N) is 13. The van der Waals surface area contributed by atoms with Gasteiger partial charge in [0, 0.05) is 104 Å². The first kappa shape index (κ1) is 74.1. The Balaban J connectivity index is 0.956. The maximum absolute atomic E-state index is 13.4. The molecule has 0 aromatic carbocycles. The van der Waals surface area contributed by atoms with Gasteiger partial charge in [-0.3, -0.25) is 24.0 Å². The number of carboxylic acid groups (broad SMARTS) is 1. The molecule has 2 fully saturated rings. The fourth-order valence-electron chi connectivity index (χ4n) is 11.0. The molecule has 2 aliphatic rings. The van der Waals surface area contributed by atoms with E-state index in [1.165, 1.54) is 0 Å². The molecule has 2 atom stereocenters. The number of nitrogens with two attached hydrogens (primary N) is 2. The number of amides is 4. The molecule has 2 saturated heterocycles. The summed E-state index contributed by atoms with van der Waals surface area (Å²) < 4.78 is 19.8. The molecule has 2 aliphatic heterocycles. The molecule has 0 radical (unpaired) electrons.